The Balaban J connectivity index is 1.82. The fourth-order valence-corrected chi connectivity index (χ4v) is 2.11. The Hall–Kier alpha value is -1.39. The first kappa shape index (κ1) is 13.1. The molecule has 0 aromatic heterocycles. The SMILES string of the molecule is NCc1ccc(CC(=O)NC2CCCOC2)cc1. The number of nitrogens with one attached hydrogen (secondary N) is 1. The van der Waals surface area contributed by atoms with Crippen molar-refractivity contribution >= 4 is 5.91 Å². The van der Waals surface area contributed by atoms with Crippen LogP contribution >= 0.6 is 0 Å². The van der Waals surface area contributed by atoms with Crippen molar-refractivity contribution in [1.82, 2.24) is 5.32 Å². The minimum absolute atomic E-state index is 0.0611. The molecule has 3 N–H and O–H groups in total. The summed E-state index contributed by atoms with van der Waals surface area (Å²) >= 11 is 0. The highest BCUT2D eigenvalue weighted by Crippen LogP contribution is 2.08. The van der Waals surface area contributed by atoms with Gasteiger partial charge in [-0.05, 0) is 24.0 Å². The molecule has 1 amide bonds. The standard InChI is InChI=1S/C14H20N2O2/c15-9-12-5-3-11(4-6-12)8-14(17)16-13-2-1-7-18-10-13/h3-6,13H,1-2,7-10,15H2,(H,16,17). The molecule has 18 heavy (non-hydrogen) atoms. The van der Waals surface area contributed by atoms with Crippen LogP contribution in [0.5, 0.6) is 0 Å². The Morgan fingerprint density at radius 3 is 2.67 bits per heavy atom. The van der Waals surface area contributed by atoms with Gasteiger partial charge in [-0.25, -0.2) is 0 Å². The minimum atomic E-state index is 0.0611. The molecule has 1 fully saturated rings. The molecular formula is C14H20N2O2. The van der Waals surface area contributed by atoms with Crippen molar-refractivity contribution in [1.29, 1.82) is 0 Å². The summed E-state index contributed by atoms with van der Waals surface area (Å²) in [7, 11) is 0. The normalized spacial score (nSPS) is 19.5. The second kappa shape index (κ2) is 6.52. The number of carbonyl (C=O) groups is 1. The predicted molar refractivity (Wildman–Crippen MR) is 70.0 cm³/mol. The van der Waals surface area contributed by atoms with Gasteiger partial charge in [-0.1, -0.05) is 24.3 Å². The van der Waals surface area contributed by atoms with Crippen LogP contribution in [-0.2, 0) is 22.5 Å². The molecule has 0 saturated carbocycles. The van der Waals surface area contributed by atoms with Crippen LogP contribution in [0.4, 0.5) is 0 Å². The van der Waals surface area contributed by atoms with Gasteiger partial charge in [-0.2, -0.15) is 0 Å². The van der Waals surface area contributed by atoms with E-state index in [-0.39, 0.29) is 11.9 Å². The Kier molecular flexibility index (Phi) is 4.73. The summed E-state index contributed by atoms with van der Waals surface area (Å²) in [6, 6.07) is 8.02. The molecule has 4 heteroatoms. The van der Waals surface area contributed by atoms with Gasteiger partial charge in [-0.3, -0.25) is 4.79 Å². The number of hydrogen-bond donors (Lipinski definition) is 2. The number of hydrogen-bond acceptors (Lipinski definition) is 3. The lowest BCUT2D eigenvalue weighted by molar-refractivity contribution is -0.122. The number of nitrogens with two attached hydrogens (primary N) is 1. The number of benzene rings is 1. The maximum atomic E-state index is 11.8. The van der Waals surface area contributed by atoms with Gasteiger partial charge in [0.25, 0.3) is 0 Å². The van der Waals surface area contributed by atoms with Crippen molar-refractivity contribution in [2.24, 2.45) is 5.73 Å². The zero-order valence-corrected chi connectivity index (χ0v) is 10.5. The van der Waals surface area contributed by atoms with Crippen LogP contribution in [0.1, 0.15) is 24.0 Å². The van der Waals surface area contributed by atoms with Crippen molar-refractivity contribution in [3.63, 3.8) is 0 Å². The molecule has 98 valence electrons. The van der Waals surface area contributed by atoms with Crippen LogP contribution in [-0.4, -0.2) is 25.2 Å². The van der Waals surface area contributed by atoms with Crippen LogP contribution in [0.25, 0.3) is 0 Å². The summed E-state index contributed by atoms with van der Waals surface area (Å²) in [4.78, 5) is 11.8. The molecule has 1 aliphatic rings. The highest BCUT2D eigenvalue weighted by Gasteiger charge is 2.16. The van der Waals surface area contributed by atoms with E-state index in [4.69, 9.17) is 10.5 Å². The fourth-order valence-electron chi connectivity index (χ4n) is 2.11. The van der Waals surface area contributed by atoms with Crippen molar-refractivity contribution < 1.29 is 9.53 Å². The second-order valence-electron chi connectivity index (χ2n) is 4.68. The zero-order chi connectivity index (χ0) is 12.8. The maximum absolute atomic E-state index is 11.8. The van der Waals surface area contributed by atoms with Crippen molar-refractivity contribution in [3.05, 3.63) is 35.4 Å². The molecule has 0 radical (unpaired) electrons. The van der Waals surface area contributed by atoms with Crippen LogP contribution in [0.3, 0.4) is 0 Å². The van der Waals surface area contributed by atoms with Gasteiger partial charge in [0.05, 0.1) is 19.1 Å². The zero-order valence-electron chi connectivity index (χ0n) is 10.5. The van der Waals surface area contributed by atoms with E-state index in [2.05, 4.69) is 5.32 Å². The summed E-state index contributed by atoms with van der Waals surface area (Å²) < 4.78 is 5.33. The highest BCUT2D eigenvalue weighted by molar-refractivity contribution is 5.78. The predicted octanol–water partition coefficient (Wildman–Crippen LogP) is 0.983. The quantitative estimate of drug-likeness (QED) is 0.835. The van der Waals surface area contributed by atoms with E-state index >= 15 is 0 Å². The number of carbonyl (C=O) groups excluding carboxylic acids is 1. The first-order valence-corrected chi connectivity index (χ1v) is 6.43. The van der Waals surface area contributed by atoms with E-state index in [1.807, 2.05) is 24.3 Å². The van der Waals surface area contributed by atoms with Gasteiger partial charge in [0.15, 0.2) is 0 Å². The van der Waals surface area contributed by atoms with Crippen molar-refractivity contribution in [2.45, 2.75) is 31.8 Å². The Labute approximate surface area is 108 Å². The lowest BCUT2D eigenvalue weighted by Crippen LogP contribution is -2.41. The van der Waals surface area contributed by atoms with E-state index in [1.54, 1.807) is 0 Å². The fraction of sp³-hybridized carbons (Fsp3) is 0.500. The van der Waals surface area contributed by atoms with Gasteiger partial charge in [-0.15, -0.1) is 0 Å². The Bertz CT molecular complexity index is 383. The van der Waals surface area contributed by atoms with E-state index in [9.17, 15) is 4.79 Å². The van der Waals surface area contributed by atoms with E-state index in [1.165, 1.54) is 0 Å². The lowest BCUT2D eigenvalue weighted by Gasteiger charge is -2.23. The monoisotopic (exact) mass is 248 g/mol. The van der Waals surface area contributed by atoms with E-state index < -0.39 is 0 Å². The summed E-state index contributed by atoms with van der Waals surface area (Å²) in [6.45, 7) is 1.98. The number of amides is 1. The molecule has 0 bridgehead atoms. The lowest BCUT2D eigenvalue weighted by atomic mass is 10.1. The van der Waals surface area contributed by atoms with Crippen LogP contribution in [0.2, 0.25) is 0 Å². The first-order chi connectivity index (χ1) is 8.78. The van der Waals surface area contributed by atoms with Crippen LogP contribution in [0, 0.1) is 0 Å². The van der Waals surface area contributed by atoms with Gasteiger partial charge in [0, 0.05) is 13.2 Å². The molecule has 1 aliphatic heterocycles. The molecule has 1 aromatic carbocycles. The molecule has 0 spiro atoms. The van der Waals surface area contributed by atoms with Crippen molar-refractivity contribution in [2.75, 3.05) is 13.2 Å². The molecule has 1 saturated heterocycles. The van der Waals surface area contributed by atoms with Gasteiger partial charge >= 0.3 is 0 Å². The van der Waals surface area contributed by atoms with Gasteiger partial charge in [0.2, 0.25) is 5.91 Å². The molecular weight excluding hydrogens is 228 g/mol. The summed E-state index contributed by atoms with van der Waals surface area (Å²) in [6.07, 6.45) is 2.45. The van der Waals surface area contributed by atoms with E-state index in [0.29, 0.717) is 19.6 Å². The van der Waals surface area contributed by atoms with E-state index in [0.717, 1.165) is 30.6 Å². The average molecular weight is 248 g/mol. The van der Waals surface area contributed by atoms with Gasteiger partial charge < -0.3 is 15.8 Å². The highest BCUT2D eigenvalue weighted by atomic mass is 16.5. The van der Waals surface area contributed by atoms with Crippen molar-refractivity contribution in [3.8, 4) is 0 Å². The van der Waals surface area contributed by atoms with Gasteiger partial charge in [0.1, 0.15) is 0 Å². The molecule has 0 aliphatic carbocycles. The molecule has 1 aromatic rings. The Morgan fingerprint density at radius 2 is 2.06 bits per heavy atom. The second-order valence-corrected chi connectivity index (χ2v) is 4.68. The topological polar surface area (TPSA) is 64.4 Å². The molecule has 1 heterocycles. The third-order valence-electron chi connectivity index (χ3n) is 3.15. The average Bonchev–Trinajstić information content (AvgIpc) is 2.40. The molecule has 2 rings (SSSR count). The third-order valence-corrected chi connectivity index (χ3v) is 3.15. The molecule has 1 unspecified atom stereocenters. The number of rotatable bonds is 4. The Morgan fingerprint density at radius 1 is 1.33 bits per heavy atom. The third kappa shape index (κ3) is 3.82. The molecule has 1 atom stereocenters. The smallest absolute Gasteiger partial charge is 0.224 e. The van der Waals surface area contributed by atoms with Crippen LogP contribution in [0.15, 0.2) is 24.3 Å². The largest absolute Gasteiger partial charge is 0.379 e. The summed E-state index contributed by atoms with van der Waals surface area (Å²) in [5.74, 6) is 0.0611. The minimum Gasteiger partial charge on any atom is -0.379 e. The maximum Gasteiger partial charge on any atom is 0.224 e. The summed E-state index contributed by atoms with van der Waals surface area (Å²) in [5, 5.41) is 3.01. The summed E-state index contributed by atoms with van der Waals surface area (Å²) in [5.41, 5.74) is 7.63. The molecule has 4 nitrogen and oxygen atoms in total. The first-order valence-electron chi connectivity index (χ1n) is 6.43. The number of ether oxygens (including phenoxy) is 1. The van der Waals surface area contributed by atoms with Crippen LogP contribution < -0.4 is 11.1 Å².